The molecule has 1 aliphatic carbocycles. The minimum atomic E-state index is -0.177. The first-order chi connectivity index (χ1) is 13.7. The molecule has 2 amide bonds. The molecule has 0 radical (unpaired) electrons. The lowest BCUT2D eigenvalue weighted by molar-refractivity contribution is -0.122. The molecule has 0 unspecified atom stereocenters. The number of thiophene rings is 1. The van der Waals surface area contributed by atoms with Crippen molar-refractivity contribution in [2.45, 2.75) is 19.4 Å². The molecule has 2 heterocycles. The number of amides is 2. The SMILES string of the molecule is O=C(NCCNC(=O)C1CC1)c1cn(Cc2ccccc2)nc1-c1cccs1. The smallest absolute Gasteiger partial charge is 0.255 e. The van der Waals surface area contributed by atoms with Gasteiger partial charge >= 0.3 is 0 Å². The van der Waals surface area contributed by atoms with Crippen LogP contribution in [0.3, 0.4) is 0 Å². The van der Waals surface area contributed by atoms with Gasteiger partial charge in [-0.15, -0.1) is 11.3 Å². The number of carbonyl (C=O) groups is 2. The summed E-state index contributed by atoms with van der Waals surface area (Å²) in [6.07, 6.45) is 3.74. The summed E-state index contributed by atoms with van der Waals surface area (Å²) >= 11 is 1.56. The van der Waals surface area contributed by atoms with E-state index in [1.807, 2.05) is 47.8 Å². The van der Waals surface area contributed by atoms with E-state index in [1.165, 1.54) is 0 Å². The van der Waals surface area contributed by atoms with Crippen molar-refractivity contribution in [2.24, 2.45) is 5.92 Å². The number of aromatic nitrogens is 2. The summed E-state index contributed by atoms with van der Waals surface area (Å²) in [6, 6.07) is 13.9. The Morgan fingerprint density at radius 3 is 2.57 bits per heavy atom. The fourth-order valence-corrected chi connectivity index (χ4v) is 3.70. The lowest BCUT2D eigenvalue weighted by Gasteiger charge is -2.06. The number of nitrogens with one attached hydrogen (secondary N) is 2. The number of rotatable bonds is 8. The fourth-order valence-electron chi connectivity index (χ4n) is 2.98. The van der Waals surface area contributed by atoms with Crippen LogP contribution in [0.2, 0.25) is 0 Å². The van der Waals surface area contributed by atoms with E-state index in [0.29, 0.717) is 30.9 Å². The van der Waals surface area contributed by atoms with Gasteiger partial charge in [0, 0.05) is 25.2 Å². The number of carbonyl (C=O) groups excluding carboxylic acids is 2. The quantitative estimate of drug-likeness (QED) is 0.577. The van der Waals surface area contributed by atoms with E-state index in [2.05, 4.69) is 15.7 Å². The van der Waals surface area contributed by atoms with Crippen molar-refractivity contribution in [2.75, 3.05) is 13.1 Å². The van der Waals surface area contributed by atoms with Crippen LogP contribution in [0.15, 0.2) is 54.0 Å². The molecule has 0 spiro atoms. The first-order valence-corrected chi connectivity index (χ1v) is 10.3. The summed E-state index contributed by atoms with van der Waals surface area (Å²) in [5.41, 5.74) is 2.36. The van der Waals surface area contributed by atoms with Gasteiger partial charge in [0.2, 0.25) is 5.91 Å². The second-order valence-corrected chi connectivity index (χ2v) is 7.82. The van der Waals surface area contributed by atoms with E-state index in [4.69, 9.17) is 0 Å². The van der Waals surface area contributed by atoms with Crippen LogP contribution in [-0.4, -0.2) is 34.7 Å². The number of hydrogen-bond acceptors (Lipinski definition) is 4. The molecule has 0 aliphatic heterocycles. The van der Waals surface area contributed by atoms with Crippen molar-refractivity contribution in [3.05, 3.63) is 65.2 Å². The van der Waals surface area contributed by atoms with E-state index < -0.39 is 0 Å². The van der Waals surface area contributed by atoms with Gasteiger partial charge in [0.1, 0.15) is 5.69 Å². The molecule has 2 aromatic heterocycles. The molecule has 28 heavy (non-hydrogen) atoms. The van der Waals surface area contributed by atoms with Crippen LogP contribution in [0.1, 0.15) is 28.8 Å². The molecule has 7 heteroatoms. The third kappa shape index (κ3) is 4.48. The van der Waals surface area contributed by atoms with Crippen molar-refractivity contribution in [3.63, 3.8) is 0 Å². The first kappa shape index (κ1) is 18.4. The summed E-state index contributed by atoms with van der Waals surface area (Å²) in [6.45, 7) is 1.43. The molecule has 0 saturated heterocycles. The number of nitrogens with zero attached hydrogens (tertiary/aromatic N) is 2. The Bertz CT molecular complexity index is 946. The van der Waals surface area contributed by atoms with Gasteiger partial charge < -0.3 is 10.6 Å². The van der Waals surface area contributed by atoms with E-state index in [1.54, 1.807) is 22.2 Å². The molecule has 1 aromatic carbocycles. The number of hydrogen-bond donors (Lipinski definition) is 2. The summed E-state index contributed by atoms with van der Waals surface area (Å²) in [7, 11) is 0. The molecule has 1 saturated carbocycles. The third-order valence-electron chi connectivity index (χ3n) is 4.61. The topological polar surface area (TPSA) is 76.0 Å². The molecular weight excluding hydrogens is 372 g/mol. The third-order valence-corrected chi connectivity index (χ3v) is 5.48. The maximum atomic E-state index is 12.7. The molecule has 2 N–H and O–H groups in total. The molecule has 1 fully saturated rings. The van der Waals surface area contributed by atoms with Crippen LogP contribution < -0.4 is 10.6 Å². The Morgan fingerprint density at radius 1 is 1.07 bits per heavy atom. The summed E-state index contributed by atoms with van der Waals surface area (Å²) < 4.78 is 1.80. The monoisotopic (exact) mass is 394 g/mol. The van der Waals surface area contributed by atoms with Crippen molar-refractivity contribution >= 4 is 23.2 Å². The lowest BCUT2D eigenvalue weighted by Crippen LogP contribution is -2.35. The zero-order chi connectivity index (χ0) is 19.3. The van der Waals surface area contributed by atoms with Crippen LogP contribution in [0.4, 0.5) is 0 Å². The zero-order valence-electron chi connectivity index (χ0n) is 15.4. The molecule has 0 atom stereocenters. The van der Waals surface area contributed by atoms with Gasteiger partial charge in [-0.3, -0.25) is 14.3 Å². The normalized spacial score (nSPS) is 13.3. The van der Waals surface area contributed by atoms with E-state index in [-0.39, 0.29) is 17.7 Å². The standard InChI is InChI=1S/C21H22N4O2S/c26-20(16-8-9-16)22-10-11-23-21(27)17-14-25(13-15-5-2-1-3-6-15)24-19(17)18-7-4-12-28-18/h1-7,12,14,16H,8-11,13H2,(H,22,26)(H,23,27). The molecule has 0 bridgehead atoms. The molecular formula is C21H22N4O2S. The van der Waals surface area contributed by atoms with Crippen LogP contribution in [0.5, 0.6) is 0 Å². The molecule has 4 rings (SSSR count). The second-order valence-electron chi connectivity index (χ2n) is 6.87. The lowest BCUT2D eigenvalue weighted by atomic mass is 10.2. The minimum absolute atomic E-state index is 0.0872. The van der Waals surface area contributed by atoms with Crippen molar-refractivity contribution < 1.29 is 9.59 Å². The first-order valence-electron chi connectivity index (χ1n) is 9.42. The highest BCUT2D eigenvalue weighted by Crippen LogP contribution is 2.28. The Hall–Kier alpha value is -2.93. The van der Waals surface area contributed by atoms with Gasteiger partial charge in [-0.2, -0.15) is 5.10 Å². The highest BCUT2D eigenvalue weighted by atomic mass is 32.1. The maximum Gasteiger partial charge on any atom is 0.255 e. The summed E-state index contributed by atoms with van der Waals surface area (Å²) in [5, 5.41) is 12.4. The maximum absolute atomic E-state index is 12.7. The van der Waals surface area contributed by atoms with Gasteiger partial charge in [0.15, 0.2) is 0 Å². The van der Waals surface area contributed by atoms with Crippen molar-refractivity contribution in [3.8, 4) is 10.6 Å². The van der Waals surface area contributed by atoms with Crippen LogP contribution in [-0.2, 0) is 11.3 Å². The Balaban J connectivity index is 1.44. The fraction of sp³-hybridized carbons (Fsp3) is 0.286. The van der Waals surface area contributed by atoms with Crippen molar-refractivity contribution in [1.82, 2.24) is 20.4 Å². The average molecular weight is 395 g/mol. The van der Waals surface area contributed by atoms with Gasteiger partial charge in [-0.1, -0.05) is 36.4 Å². The van der Waals surface area contributed by atoms with E-state index in [0.717, 1.165) is 23.3 Å². The predicted octanol–water partition coefficient (Wildman–Crippen LogP) is 2.92. The number of benzene rings is 1. The van der Waals surface area contributed by atoms with Crippen LogP contribution in [0.25, 0.3) is 10.6 Å². The molecule has 1 aliphatic rings. The molecule has 3 aromatic rings. The molecule has 144 valence electrons. The Kier molecular flexibility index (Phi) is 5.53. The summed E-state index contributed by atoms with van der Waals surface area (Å²) in [5.74, 6) is 0.0879. The van der Waals surface area contributed by atoms with Crippen molar-refractivity contribution in [1.29, 1.82) is 0 Å². The summed E-state index contributed by atoms with van der Waals surface area (Å²) in [4.78, 5) is 25.4. The zero-order valence-corrected chi connectivity index (χ0v) is 16.2. The highest BCUT2D eigenvalue weighted by Gasteiger charge is 2.29. The van der Waals surface area contributed by atoms with Gasteiger partial charge in [-0.05, 0) is 29.9 Å². The van der Waals surface area contributed by atoms with Gasteiger partial charge in [0.05, 0.1) is 17.0 Å². The van der Waals surface area contributed by atoms with E-state index in [9.17, 15) is 9.59 Å². The second kappa shape index (κ2) is 8.39. The predicted molar refractivity (Wildman–Crippen MR) is 109 cm³/mol. The van der Waals surface area contributed by atoms with E-state index >= 15 is 0 Å². The Morgan fingerprint density at radius 2 is 1.86 bits per heavy atom. The van der Waals surface area contributed by atoms with Crippen LogP contribution >= 0.6 is 11.3 Å². The van der Waals surface area contributed by atoms with Gasteiger partial charge in [0.25, 0.3) is 5.91 Å². The Labute approximate surface area is 167 Å². The highest BCUT2D eigenvalue weighted by molar-refractivity contribution is 7.13. The van der Waals surface area contributed by atoms with Crippen LogP contribution in [0, 0.1) is 5.92 Å². The average Bonchev–Trinajstić information content (AvgIpc) is 3.25. The molecule has 6 nitrogen and oxygen atoms in total. The largest absolute Gasteiger partial charge is 0.354 e. The minimum Gasteiger partial charge on any atom is -0.354 e. The van der Waals surface area contributed by atoms with Gasteiger partial charge in [-0.25, -0.2) is 0 Å².